The number of hydrogen-bond acceptors (Lipinski definition) is 5. The van der Waals surface area contributed by atoms with Crippen molar-refractivity contribution in [1.82, 2.24) is 9.78 Å². The van der Waals surface area contributed by atoms with Gasteiger partial charge in [0.1, 0.15) is 28.6 Å². The third-order valence-electron chi connectivity index (χ3n) is 7.93. The first-order chi connectivity index (χ1) is 17.7. The van der Waals surface area contributed by atoms with Crippen LogP contribution < -0.4 is 11.1 Å². The first kappa shape index (κ1) is 23.9. The third-order valence-corrected chi connectivity index (χ3v) is 8.22. The second-order valence-corrected chi connectivity index (χ2v) is 10.8. The van der Waals surface area contributed by atoms with Crippen molar-refractivity contribution in [2.45, 2.75) is 37.2 Å². The molecular weight excluding hydrogens is 500 g/mol. The van der Waals surface area contributed by atoms with Gasteiger partial charge in [-0.3, -0.25) is 9.48 Å². The molecule has 0 saturated heterocycles. The van der Waals surface area contributed by atoms with Crippen LogP contribution in [0.2, 0.25) is 5.02 Å². The molecule has 1 aliphatic heterocycles. The predicted octanol–water partition coefficient (Wildman–Crippen LogP) is 5.31. The van der Waals surface area contributed by atoms with Crippen molar-refractivity contribution >= 4 is 34.9 Å². The Balaban J connectivity index is 1.16. The molecule has 3 aromatic rings. The molecule has 2 unspecified atom stereocenters. The number of halogens is 3. The van der Waals surface area contributed by atoms with E-state index in [-0.39, 0.29) is 28.2 Å². The molecule has 7 nitrogen and oxygen atoms in total. The fourth-order valence-electron chi connectivity index (χ4n) is 6.26. The zero-order chi connectivity index (χ0) is 25.9. The molecule has 1 spiro atoms. The van der Waals surface area contributed by atoms with Crippen molar-refractivity contribution in [2.75, 3.05) is 17.6 Å². The standard InChI is InChI=1S/C27H26ClF2N5O2/c1-35-24(31)22(25(36)33-19-6-7-21(30)20(28)10-19)23(34-35)15-8-16-11-27(12-17(16)9-15)13-32-26(37-27)14-2-4-18(29)5-3-14/h2-7,10,15-17H,8-9,11-13,31H2,1H3,(H,33,36). The summed E-state index contributed by atoms with van der Waals surface area (Å²) in [6.07, 6.45) is 3.50. The van der Waals surface area contributed by atoms with Gasteiger partial charge >= 0.3 is 0 Å². The van der Waals surface area contributed by atoms with Crippen molar-refractivity contribution < 1.29 is 18.3 Å². The highest BCUT2D eigenvalue weighted by Crippen LogP contribution is 2.56. The fourth-order valence-corrected chi connectivity index (χ4v) is 6.44. The number of nitrogens with one attached hydrogen (secondary N) is 1. The maximum Gasteiger partial charge on any atom is 0.261 e. The van der Waals surface area contributed by atoms with Gasteiger partial charge in [0.2, 0.25) is 5.90 Å². The molecule has 1 amide bonds. The monoisotopic (exact) mass is 525 g/mol. The van der Waals surface area contributed by atoms with Gasteiger partial charge in [0.25, 0.3) is 5.91 Å². The number of carbonyl (C=O) groups is 1. The van der Waals surface area contributed by atoms with Crippen LogP contribution in [0.15, 0.2) is 47.5 Å². The van der Waals surface area contributed by atoms with Gasteiger partial charge in [0.05, 0.1) is 17.3 Å². The van der Waals surface area contributed by atoms with E-state index < -0.39 is 11.7 Å². The first-order valence-corrected chi connectivity index (χ1v) is 12.7. The maximum atomic E-state index is 13.5. The number of aromatic nitrogens is 2. The Labute approximate surface area is 217 Å². The molecule has 1 aromatic heterocycles. The molecular formula is C27H26ClF2N5O2. The number of anilines is 2. The summed E-state index contributed by atoms with van der Waals surface area (Å²) < 4.78 is 34.7. The number of hydrogen-bond donors (Lipinski definition) is 2. The topological polar surface area (TPSA) is 94.5 Å². The summed E-state index contributed by atoms with van der Waals surface area (Å²) in [5.41, 5.74) is 8.14. The highest BCUT2D eigenvalue weighted by atomic mass is 35.5. The van der Waals surface area contributed by atoms with Gasteiger partial charge in [-0.05, 0) is 80.0 Å². The summed E-state index contributed by atoms with van der Waals surface area (Å²) in [5.74, 6) is 0.548. The molecule has 2 heterocycles. The minimum atomic E-state index is -0.557. The lowest BCUT2D eigenvalue weighted by Gasteiger charge is -2.25. The smallest absolute Gasteiger partial charge is 0.261 e. The summed E-state index contributed by atoms with van der Waals surface area (Å²) in [5, 5.41) is 7.32. The maximum absolute atomic E-state index is 13.5. The number of aryl methyl sites for hydroxylation is 1. The largest absolute Gasteiger partial charge is 0.469 e. The minimum Gasteiger partial charge on any atom is -0.469 e. The van der Waals surface area contributed by atoms with E-state index in [1.807, 2.05) is 0 Å². The average Bonchev–Trinajstić information content (AvgIpc) is 3.60. The van der Waals surface area contributed by atoms with Crippen molar-refractivity contribution in [3.8, 4) is 0 Å². The molecule has 192 valence electrons. The quantitative estimate of drug-likeness (QED) is 0.483. The van der Waals surface area contributed by atoms with Crippen LogP contribution in [-0.2, 0) is 11.8 Å². The number of amides is 1. The van der Waals surface area contributed by atoms with Crippen LogP contribution in [0.25, 0.3) is 0 Å². The van der Waals surface area contributed by atoms with E-state index in [4.69, 9.17) is 22.1 Å². The van der Waals surface area contributed by atoms with Gasteiger partial charge < -0.3 is 15.8 Å². The summed E-state index contributed by atoms with van der Waals surface area (Å²) >= 11 is 5.87. The normalized spacial score (nSPS) is 26.3. The fraction of sp³-hybridized carbons (Fsp3) is 0.370. The summed E-state index contributed by atoms with van der Waals surface area (Å²) in [4.78, 5) is 17.9. The van der Waals surface area contributed by atoms with Gasteiger partial charge in [-0.1, -0.05) is 11.6 Å². The molecule has 3 aliphatic rings. The number of aliphatic imine (C=N–C) groups is 1. The predicted molar refractivity (Wildman–Crippen MR) is 137 cm³/mol. The average molecular weight is 526 g/mol. The lowest BCUT2D eigenvalue weighted by atomic mass is 9.91. The molecule has 0 radical (unpaired) electrons. The zero-order valence-electron chi connectivity index (χ0n) is 20.2. The lowest BCUT2D eigenvalue weighted by Crippen LogP contribution is -2.31. The highest BCUT2D eigenvalue weighted by Gasteiger charge is 2.54. The van der Waals surface area contributed by atoms with E-state index in [0.29, 0.717) is 41.2 Å². The van der Waals surface area contributed by atoms with E-state index in [0.717, 1.165) is 31.2 Å². The number of fused-ring (bicyclic) bond motifs is 1. The molecule has 2 saturated carbocycles. The summed E-state index contributed by atoms with van der Waals surface area (Å²) in [6.45, 7) is 0.599. The molecule has 2 fully saturated rings. The minimum absolute atomic E-state index is 0.0737. The zero-order valence-corrected chi connectivity index (χ0v) is 20.9. The Kier molecular flexibility index (Phi) is 5.71. The van der Waals surface area contributed by atoms with E-state index in [2.05, 4.69) is 15.4 Å². The summed E-state index contributed by atoms with van der Waals surface area (Å²) in [7, 11) is 1.72. The van der Waals surface area contributed by atoms with Crippen molar-refractivity contribution in [1.29, 1.82) is 0 Å². The first-order valence-electron chi connectivity index (χ1n) is 12.3. The van der Waals surface area contributed by atoms with Gasteiger partial charge in [-0.2, -0.15) is 5.10 Å². The molecule has 2 atom stereocenters. The van der Waals surface area contributed by atoms with E-state index in [9.17, 15) is 13.6 Å². The third kappa shape index (κ3) is 4.25. The SMILES string of the molecule is Cn1nc(C2CC3CC4(CN=C(c5ccc(F)cc5)O4)CC3C2)c(C(=O)Nc2ccc(F)c(Cl)c2)c1N. The Bertz CT molecular complexity index is 1410. The number of rotatable bonds is 4. The van der Waals surface area contributed by atoms with Crippen LogP contribution in [0.4, 0.5) is 20.3 Å². The van der Waals surface area contributed by atoms with Gasteiger partial charge in [-0.25, -0.2) is 13.8 Å². The van der Waals surface area contributed by atoms with Crippen LogP contribution in [0.3, 0.4) is 0 Å². The van der Waals surface area contributed by atoms with Crippen LogP contribution in [-0.4, -0.2) is 33.7 Å². The number of ether oxygens (including phenoxy) is 1. The van der Waals surface area contributed by atoms with Gasteiger partial charge in [0.15, 0.2) is 0 Å². The molecule has 3 N–H and O–H groups in total. The second-order valence-electron chi connectivity index (χ2n) is 10.4. The summed E-state index contributed by atoms with van der Waals surface area (Å²) in [6, 6.07) is 10.2. The van der Waals surface area contributed by atoms with Gasteiger partial charge in [0, 0.05) is 24.2 Å². The number of nitrogens with zero attached hydrogens (tertiary/aromatic N) is 3. The second kappa shape index (κ2) is 8.83. The highest BCUT2D eigenvalue weighted by molar-refractivity contribution is 6.31. The Morgan fingerprint density at radius 2 is 1.86 bits per heavy atom. The van der Waals surface area contributed by atoms with Crippen molar-refractivity contribution in [2.24, 2.45) is 23.9 Å². The molecule has 37 heavy (non-hydrogen) atoms. The van der Waals surface area contributed by atoms with Crippen molar-refractivity contribution in [3.05, 3.63) is 75.9 Å². The number of nitrogens with two attached hydrogens (primary N) is 1. The molecule has 2 aliphatic carbocycles. The van der Waals surface area contributed by atoms with E-state index in [1.165, 1.54) is 35.0 Å². The van der Waals surface area contributed by atoms with Crippen molar-refractivity contribution in [3.63, 3.8) is 0 Å². The number of benzene rings is 2. The number of nitrogen functional groups attached to an aromatic ring is 1. The van der Waals surface area contributed by atoms with Crippen LogP contribution in [0.5, 0.6) is 0 Å². The molecule has 0 bridgehead atoms. The molecule has 2 aromatic carbocycles. The van der Waals surface area contributed by atoms with Gasteiger partial charge in [-0.15, -0.1) is 0 Å². The van der Waals surface area contributed by atoms with Crippen LogP contribution >= 0.6 is 11.6 Å². The van der Waals surface area contributed by atoms with Crippen LogP contribution in [0.1, 0.15) is 53.2 Å². The molecule has 10 heteroatoms. The lowest BCUT2D eigenvalue weighted by molar-refractivity contribution is 0.0852. The number of carbonyl (C=O) groups excluding carboxylic acids is 1. The Morgan fingerprint density at radius 3 is 2.54 bits per heavy atom. The Morgan fingerprint density at radius 1 is 1.16 bits per heavy atom. The molecule has 6 rings (SSSR count). The Hall–Kier alpha value is -3.46. The van der Waals surface area contributed by atoms with E-state index in [1.54, 1.807) is 19.2 Å². The van der Waals surface area contributed by atoms with Crippen LogP contribution in [0, 0.1) is 23.5 Å². The van der Waals surface area contributed by atoms with E-state index >= 15 is 0 Å².